The first-order valence-corrected chi connectivity index (χ1v) is 5.60. The Morgan fingerprint density at radius 2 is 2.08 bits per heavy atom. The Labute approximate surface area is 75.9 Å². The summed E-state index contributed by atoms with van der Waals surface area (Å²) in [6.45, 7) is 3.62. The highest BCUT2D eigenvalue weighted by molar-refractivity contribution is 4.97. The Morgan fingerprint density at radius 3 is 2.67 bits per heavy atom. The van der Waals surface area contributed by atoms with Gasteiger partial charge >= 0.3 is 0 Å². The summed E-state index contributed by atoms with van der Waals surface area (Å²) in [5.74, 6) is 1.03. The lowest BCUT2D eigenvalue weighted by Gasteiger charge is -2.43. The van der Waals surface area contributed by atoms with Crippen LogP contribution in [0.3, 0.4) is 0 Å². The van der Waals surface area contributed by atoms with Crippen LogP contribution < -0.4 is 5.32 Å². The van der Waals surface area contributed by atoms with Crippen molar-refractivity contribution in [3.8, 4) is 0 Å². The van der Waals surface area contributed by atoms with Crippen LogP contribution in [0.1, 0.15) is 51.9 Å². The van der Waals surface area contributed by atoms with Gasteiger partial charge in [-0.3, -0.25) is 0 Å². The summed E-state index contributed by atoms with van der Waals surface area (Å²) >= 11 is 0. The molecular formula is C11H21N. The third-order valence-electron chi connectivity index (χ3n) is 3.98. The van der Waals surface area contributed by atoms with E-state index in [4.69, 9.17) is 0 Å². The van der Waals surface area contributed by atoms with Gasteiger partial charge in [-0.15, -0.1) is 0 Å². The number of rotatable bonds is 1. The molecule has 1 aliphatic heterocycles. The van der Waals surface area contributed by atoms with Crippen LogP contribution in [-0.4, -0.2) is 12.1 Å². The molecule has 0 radical (unpaired) electrons. The van der Waals surface area contributed by atoms with Crippen LogP contribution >= 0.6 is 0 Å². The van der Waals surface area contributed by atoms with Gasteiger partial charge in [0.2, 0.25) is 0 Å². The summed E-state index contributed by atoms with van der Waals surface area (Å²) in [5.41, 5.74) is 0.615. The molecule has 2 aliphatic rings. The number of nitrogens with one attached hydrogen (secondary N) is 1. The molecule has 2 rings (SSSR count). The van der Waals surface area contributed by atoms with Crippen LogP contribution in [-0.2, 0) is 0 Å². The van der Waals surface area contributed by atoms with Crippen LogP contribution in [0, 0.1) is 5.92 Å². The molecule has 1 N–H and O–H groups in total. The van der Waals surface area contributed by atoms with Gasteiger partial charge < -0.3 is 5.32 Å². The monoisotopic (exact) mass is 167 g/mol. The van der Waals surface area contributed by atoms with Gasteiger partial charge in [-0.1, -0.05) is 26.2 Å². The predicted molar refractivity (Wildman–Crippen MR) is 52.2 cm³/mol. The van der Waals surface area contributed by atoms with Crippen molar-refractivity contribution < 1.29 is 0 Å². The highest BCUT2D eigenvalue weighted by Gasteiger charge is 2.37. The van der Waals surface area contributed by atoms with Crippen LogP contribution in [0.25, 0.3) is 0 Å². The third-order valence-corrected chi connectivity index (χ3v) is 3.98. The molecule has 12 heavy (non-hydrogen) atoms. The van der Waals surface area contributed by atoms with Gasteiger partial charge in [0.15, 0.2) is 0 Å². The van der Waals surface area contributed by atoms with Crippen molar-refractivity contribution in [3.05, 3.63) is 0 Å². The lowest BCUT2D eigenvalue weighted by molar-refractivity contribution is 0.178. The minimum Gasteiger partial charge on any atom is -0.311 e. The Hall–Kier alpha value is -0.0400. The minimum absolute atomic E-state index is 0.615. The van der Waals surface area contributed by atoms with Gasteiger partial charge in [-0.2, -0.15) is 0 Å². The molecule has 2 fully saturated rings. The predicted octanol–water partition coefficient (Wildman–Crippen LogP) is 2.71. The maximum atomic E-state index is 3.65. The molecular weight excluding hydrogens is 146 g/mol. The summed E-state index contributed by atoms with van der Waals surface area (Å²) < 4.78 is 0. The highest BCUT2D eigenvalue weighted by Crippen LogP contribution is 2.37. The first kappa shape index (κ1) is 8.55. The zero-order valence-electron chi connectivity index (χ0n) is 8.23. The second-order valence-electron chi connectivity index (χ2n) is 4.66. The minimum atomic E-state index is 0.615. The van der Waals surface area contributed by atoms with E-state index in [1.807, 2.05) is 0 Å². The van der Waals surface area contributed by atoms with E-state index in [-0.39, 0.29) is 0 Å². The Kier molecular flexibility index (Phi) is 2.40. The van der Waals surface area contributed by atoms with Crippen LogP contribution in [0.15, 0.2) is 0 Å². The van der Waals surface area contributed by atoms with Crippen molar-refractivity contribution in [2.45, 2.75) is 57.4 Å². The van der Waals surface area contributed by atoms with Crippen LogP contribution in [0.2, 0.25) is 0 Å². The van der Waals surface area contributed by atoms with Crippen molar-refractivity contribution >= 4 is 0 Å². The van der Waals surface area contributed by atoms with Crippen molar-refractivity contribution in [2.24, 2.45) is 5.92 Å². The fourth-order valence-corrected chi connectivity index (χ4v) is 2.79. The summed E-state index contributed by atoms with van der Waals surface area (Å²) in [4.78, 5) is 0. The van der Waals surface area contributed by atoms with Crippen molar-refractivity contribution in [1.82, 2.24) is 5.32 Å². The van der Waals surface area contributed by atoms with E-state index >= 15 is 0 Å². The molecule has 2 atom stereocenters. The lowest BCUT2D eigenvalue weighted by atomic mass is 9.80. The van der Waals surface area contributed by atoms with E-state index in [0.717, 1.165) is 5.92 Å². The molecule has 0 bridgehead atoms. The summed E-state index contributed by atoms with van der Waals surface area (Å²) in [6.07, 6.45) is 10.2. The number of hydrogen-bond acceptors (Lipinski definition) is 1. The second-order valence-corrected chi connectivity index (χ2v) is 4.66. The molecule has 0 aromatic rings. The fraction of sp³-hybridized carbons (Fsp3) is 1.00. The standard InChI is InChI=1S/C11H21N/c1-2-10-4-3-6-11(7-5-10)8-9-12-11/h10,12H,2-9H2,1H3. The van der Waals surface area contributed by atoms with Gasteiger partial charge in [-0.25, -0.2) is 0 Å². The van der Waals surface area contributed by atoms with Crippen molar-refractivity contribution in [3.63, 3.8) is 0 Å². The van der Waals surface area contributed by atoms with E-state index in [9.17, 15) is 0 Å². The van der Waals surface area contributed by atoms with Gasteiger partial charge in [0, 0.05) is 5.54 Å². The topological polar surface area (TPSA) is 12.0 Å². The third kappa shape index (κ3) is 1.52. The molecule has 1 spiro atoms. The van der Waals surface area contributed by atoms with Gasteiger partial charge in [0.05, 0.1) is 0 Å². The summed E-state index contributed by atoms with van der Waals surface area (Å²) in [6, 6.07) is 0. The average Bonchev–Trinajstić information content (AvgIpc) is 2.24. The number of hydrogen-bond donors (Lipinski definition) is 1. The normalized spacial score (nSPS) is 42.2. The van der Waals surface area contributed by atoms with Crippen LogP contribution in [0.4, 0.5) is 0 Å². The quantitative estimate of drug-likeness (QED) is 0.633. The van der Waals surface area contributed by atoms with Gasteiger partial charge in [0.1, 0.15) is 0 Å². The maximum Gasteiger partial charge on any atom is 0.0193 e. The molecule has 2 unspecified atom stereocenters. The van der Waals surface area contributed by atoms with E-state index in [1.54, 1.807) is 0 Å². The van der Waals surface area contributed by atoms with Crippen LogP contribution in [0.5, 0.6) is 0 Å². The highest BCUT2D eigenvalue weighted by atomic mass is 15.0. The molecule has 0 aromatic carbocycles. The Bertz CT molecular complexity index is 149. The molecule has 1 saturated carbocycles. The summed E-state index contributed by atoms with van der Waals surface area (Å²) in [7, 11) is 0. The van der Waals surface area contributed by atoms with E-state index in [2.05, 4.69) is 12.2 Å². The molecule has 70 valence electrons. The molecule has 1 saturated heterocycles. The lowest BCUT2D eigenvalue weighted by Crippen LogP contribution is -2.56. The SMILES string of the molecule is CCC1CCCC2(CCN2)CC1. The second kappa shape index (κ2) is 3.37. The molecule has 0 aromatic heterocycles. The zero-order valence-corrected chi connectivity index (χ0v) is 8.23. The molecule has 1 aliphatic carbocycles. The fourth-order valence-electron chi connectivity index (χ4n) is 2.79. The molecule has 1 heteroatoms. The van der Waals surface area contributed by atoms with E-state index < -0.39 is 0 Å². The Morgan fingerprint density at radius 1 is 1.25 bits per heavy atom. The van der Waals surface area contributed by atoms with E-state index in [1.165, 1.54) is 51.5 Å². The van der Waals surface area contributed by atoms with Crippen molar-refractivity contribution in [2.75, 3.05) is 6.54 Å². The van der Waals surface area contributed by atoms with E-state index in [0.29, 0.717) is 5.54 Å². The Balaban J connectivity index is 1.88. The van der Waals surface area contributed by atoms with Gasteiger partial charge in [-0.05, 0) is 38.1 Å². The molecule has 0 amide bonds. The molecule has 1 nitrogen and oxygen atoms in total. The summed E-state index contributed by atoms with van der Waals surface area (Å²) in [5, 5.41) is 3.65. The largest absolute Gasteiger partial charge is 0.311 e. The average molecular weight is 167 g/mol. The van der Waals surface area contributed by atoms with Gasteiger partial charge in [0.25, 0.3) is 0 Å². The molecule has 1 heterocycles. The maximum absolute atomic E-state index is 3.65. The zero-order chi connectivity index (χ0) is 8.44. The first-order valence-electron chi connectivity index (χ1n) is 5.60. The smallest absolute Gasteiger partial charge is 0.0193 e. The first-order chi connectivity index (χ1) is 5.85. The van der Waals surface area contributed by atoms with Crippen molar-refractivity contribution in [1.29, 1.82) is 0 Å².